The van der Waals surface area contributed by atoms with Crippen molar-refractivity contribution in [2.24, 2.45) is 0 Å². The van der Waals surface area contributed by atoms with Crippen LogP contribution in [-0.2, 0) is 6.18 Å². The predicted molar refractivity (Wildman–Crippen MR) is 113 cm³/mol. The summed E-state index contributed by atoms with van der Waals surface area (Å²) in [6, 6.07) is 8.30. The van der Waals surface area contributed by atoms with Crippen LogP contribution >= 0.6 is 0 Å². The molecule has 1 aliphatic rings. The fraction of sp³-hybridized carbons (Fsp3) is 0.455. The highest BCUT2D eigenvalue weighted by Gasteiger charge is 2.30. The molecule has 1 saturated heterocycles. The molecule has 3 rings (SSSR count). The second kappa shape index (κ2) is 10.6. The lowest BCUT2D eigenvalue weighted by molar-refractivity contribution is -0.137. The quantitative estimate of drug-likeness (QED) is 0.634. The summed E-state index contributed by atoms with van der Waals surface area (Å²) in [5, 5.41) is 0. The lowest BCUT2D eigenvalue weighted by Gasteiger charge is -2.34. The number of alkyl halides is 3. The average Bonchev–Trinajstić information content (AvgIpc) is 2.75. The van der Waals surface area contributed by atoms with Gasteiger partial charge in [-0.2, -0.15) is 13.2 Å². The molecular weight excluding hydrogens is 425 g/mol. The SMILES string of the molecule is CN(C)CCCN1CCN(C(=O)Oc2ccc(Oc3ccc(C(F)(F)F)cn3)cc2)CC1. The van der Waals surface area contributed by atoms with Crippen molar-refractivity contribution >= 4 is 6.09 Å². The summed E-state index contributed by atoms with van der Waals surface area (Å²) in [5.74, 6) is 0.755. The third kappa shape index (κ3) is 7.10. The summed E-state index contributed by atoms with van der Waals surface area (Å²) < 4.78 is 48.7. The van der Waals surface area contributed by atoms with Crippen LogP contribution in [-0.4, -0.2) is 79.1 Å². The van der Waals surface area contributed by atoms with Crippen LogP contribution in [0.25, 0.3) is 0 Å². The van der Waals surface area contributed by atoms with Crippen molar-refractivity contribution in [3.63, 3.8) is 0 Å². The molecule has 2 aromatic rings. The van der Waals surface area contributed by atoms with E-state index in [1.165, 1.54) is 0 Å². The van der Waals surface area contributed by atoms with E-state index in [1.807, 2.05) is 0 Å². The van der Waals surface area contributed by atoms with E-state index in [-0.39, 0.29) is 5.88 Å². The molecule has 1 aliphatic heterocycles. The van der Waals surface area contributed by atoms with Crippen molar-refractivity contribution in [2.75, 3.05) is 53.4 Å². The van der Waals surface area contributed by atoms with Gasteiger partial charge in [0.2, 0.25) is 5.88 Å². The minimum absolute atomic E-state index is 0.0335. The molecule has 0 atom stereocenters. The lowest BCUT2D eigenvalue weighted by Crippen LogP contribution is -2.49. The van der Waals surface area contributed by atoms with Crippen LogP contribution in [0.2, 0.25) is 0 Å². The van der Waals surface area contributed by atoms with Gasteiger partial charge in [0.05, 0.1) is 5.56 Å². The first kappa shape index (κ1) is 23.8. The highest BCUT2D eigenvalue weighted by molar-refractivity contribution is 5.70. The third-order valence-corrected chi connectivity index (χ3v) is 5.03. The number of piperazine rings is 1. The Kier molecular flexibility index (Phi) is 7.92. The maximum atomic E-state index is 12.6. The van der Waals surface area contributed by atoms with Crippen molar-refractivity contribution in [2.45, 2.75) is 12.6 Å². The summed E-state index contributed by atoms with van der Waals surface area (Å²) >= 11 is 0. The van der Waals surface area contributed by atoms with E-state index in [2.05, 4.69) is 28.9 Å². The number of hydrogen-bond donors (Lipinski definition) is 0. The van der Waals surface area contributed by atoms with Crippen molar-refractivity contribution in [1.29, 1.82) is 0 Å². The van der Waals surface area contributed by atoms with Gasteiger partial charge in [-0.05, 0) is 63.9 Å². The summed E-state index contributed by atoms with van der Waals surface area (Å²) in [7, 11) is 4.11. The number of pyridine rings is 1. The van der Waals surface area contributed by atoms with Gasteiger partial charge >= 0.3 is 12.3 Å². The van der Waals surface area contributed by atoms with Crippen molar-refractivity contribution in [3.8, 4) is 17.4 Å². The van der Waals surface area contributed by atoms with E-state index in [9.17, 15) is 18.0 Å². The monoisotopic (exact) mass is 452 g/mol. The van der Waals surface area contributed by atoms with Crippen molar-refractivity contribution in [1.82, 2.24) is 19.7 Å². The Morgan fingerprint density at radius 1 is 1.03 bits per heavy atom. The van der Waals surface area contributed by atoms with Crippen LogP contribution in [0.4, 0.5) is 18.0 Å². The Bertz CT molecular complexity index is 865. The molecule has 0 aliphatic carbocycles. The molecule has 1 aromatic carbocycles. The minimum atomic E-state index is -4.45. The zero-order valence-corrected chi connectivity index (χ0v) is 18.1. The number of carbonyl (C=O) groups is 1. The van der Waals surface area contributed by atoms with Gasteiger partial charge in [-0.3, -0.25) is 4.90 Å². The average molecular weight is 452 g/mol. The van der Waals surface area contributed by atoms with Gasteiger partial charge in [-0.15, -0.1) is 0 Å². The molecule has 0 radical (unpaired) electrons. The van der Waals surface area contributed by atoms with E-state index in [0.717, 1.165) is 44.7 Å². The Labute approximate surface area is 185 Å². The van der Waals surface area contributed by atoms with E-state index >= 15 is 0 Å². The van der Waals surface area contributed by atoms with Crippen LogP contribution in [0, 0.1) is 0 Å². The minimum Gasteiger partial charge on any atom is -0.439 e. The van der Waals surface area contributed by atoms with Gasteiger partial charge in [0.25, 0.3) is 0 Å². The summed E-state index contributed by atoms with van der Waals surface area (Å²) in [5.41, 5.74) is -0.846. The largest absolute Gasteiger partial charge is 0.439 e. The van der Waals surface area contributed by atoms with E-state index in [0.29, 0.717) is 30.8 Å². The second-order valence-electron chi connectivity index (χ2n) is 7.81. The molecule has 0 saturated carbocycles. The van der Waals surface area contributed by atoms with Gasteiger partial charge in [0.1, 0.15) is 11.5 Å². The molecule has 10 heteroatoms. The number of nitrogens with zero attached hydrogens (tertiary/aromatic N) is 4. The van der Waals surface area contributed by atoms with Crippen molar-refractivity contribution in [3.05, 3.63) is 48.2 Å². The molecular formula is C22H27F3N4O3. The van der Waals surface area contributed by atoms with Crippen LogP contribution in [0.3, 0.4) is 0 Å². The fourth-order valence-electron chi connectivity index (χ4n) is 3.23. The number of amides is 1. The summed E-state index contributed by atoms with van der Waals surface area (Å²) in [6.45, 7) is 4.90. The number of ether oxygens (including phenoxy) is 2. The smallest absolute Gasteiger partial charge is 0.417 e. The predicted octanol–water partition coefficient (Wildman–Crippen LogP) is 3.96. The highest BCUT2D eigenvalue weighted by atomic mass is 19.4. The standard InChI is InChI=1S/C22H27F3N4O3/c1-27(2)10-3-11-28-12-14-29(15-13-28)21(30)32-19-7-5-18(6-8-19)31-20-9-4-17(16-26-20)22(23,24)25/h4-9,16H,3,10-15H2,1-2H3. The molecule has 1 fully saturated rings. The van der Waals surface area contributed by atoms with Crippen LogP contribution in [0.15, 0.2) is 42.6 Å². The van der Waals surface area contributed by atoms with Crippen molar-refractivity contribution < 1.29 is 27.4 Å². The maximum absolute atomic E-state index is 12.6. The van der Waals surface area contributed by atoms with Gasteiger partial charge in [-0.25, -0.2) is 9.78 Å². The van der Waals surface area contributed by atoms with Crippen LogP contribution in [0.5, 0.6) is 17.4 Å². The molecule has 0 unspecified atom stereocenters. The number of benzene rings is 1. The van der Waals surface area contributed by atoms with Crippen LogP contribution in [0.1, 0.15) is 12.0 Å². The molecule has 0 N–H and O–H groups in total. The normalized spacial score (nSPS) is 15.1. The topological polar surface area (TPSA) is 58.1 Å². The Balaban J connectivity index is 1.45. The Hall–Kier alpha value is -2.85. The first-order chi connectivity index (χ1) is 15.2. The number of aromatic nitrogens is 1. The maximum Gasteiger partial charge on any atom is 0.417 e. The Morgan fingerprint density at radius 3 is 2.25 bits per heavy atom. The molecule has 1 aromatic heterocycles. The van der Waals surface area contributed by atoms with Gasteiger partial charge in [0.15, 0.2) is 0 Å². The van der Waals surface area contributed by atoms with Gasteiger partial charge < -0.3 is 19.3 Å². The molecule has 0 spiro atoms. The summed E-state index contributed by atoms with van der Waals surface area (Å²) in [6.07, 6.45) is -3.05. The molecule has 2 heterocycles. The molecule has 1 amide bonds. The zero-order valence-electron chi connectivity index (χ0n) is 18.1. The number of hydrogen-bond acceptors (Lipinski definition) is 6. The number of carbonyl (C=O) groups excluding carboxylic acids is 1. The zero-order chi connectivity index (χ0) is 23.1. The first-order valence-electron chi connectivity index (χ1n) is 10.4. The third-order valence-electron chi connectivity index (χ3n) is 5.03. The fourth-order valence-corrected chi connectivity index (χ4v) is 3.23. The van der Waals surface area contributed by atoms with Crippen LogP contribution < -0.4 is 9.47 Å². The molecule has 7 nitrogen and oxygen atoms in total. The second-order valence-corrected chi connectivity index (χ2v) is 7.81. The van der Waals surface area contributed by atoms with E-state index in [4.69, 9.17) is 9.47 Å². The molecule has 174 valence electrons. The van der Waals surface area contributed by atoms with Gasteiger partial charge in [-0.1, -0.05) is 0 Å². The molecule has 0 bridgehead atoms. The highest BCUT2D eigenvalue weighted by Crippen LogP contribution is 2.30. The first-order valence-corrected chi connectivity index (χ1v) is 10.4. The summed E-state index contributed by atoms with van der Waals surface area (Å²) in [4.78, 5) is 22.3. The van der Waals surface area contributed by atoms with Gasteiger partial charge in [0, 0.05) is 38.4 Å². The van der Waals surface area contributed by atoms with E-state index in [1.54, 1.807) is 29.2 Å². The number of halogens is 3. The Morgan fingerprint density at radius 2 is 1.69 bits per heavy atom. The van der Waals surface area contributed by atoms with E-state index < -0.39 is 17.8 Å². The lowest BCUT2D eigenvalue weighted by atomic mass is 10.3. The number of rotatable bonds is 7. The molecule has 32 heavy (non-hydrogen) atoms.